The topological polar surface area (TPSA) is 67.1 Å². The van der Waals surface area contributed by atoms with Gasteiger partial charge in [0.15, 0.2) is 0 Å². The molecule has 0 bridgehead atoms. The van der Waals surface area contributed by atoms with Crippen molar-refractivity contribution >= 4 is 5.91 Å². The first-order valence-corrected chi connectivity index (χ1v) is 11.7. The quantitative estimate of drug-likeness (QED) is 0.391. The van der Waals surface area contributed by atoms with Crippen molar-refractivity contribution in [2.45, 2.75) is 50.2 Å². The van der Waals surface area contributed by atoms with Gasteiger partial charge in [-0.2, -0.15) is 0 Å². The zero-order valence-corrected chi connectivity index (χ0v) is 18.5. The van der Waals surface area contributed by atoms with Crippen molar-refractivity contribution < 1.29 is 4.79 Å². The van der Waals surface area contributed by atoms with Gasteiger partial charge in [-0.15, -0.1) is 0 Å². The van der Waals surface area contributed by atoms with Crippen molar-refractivity contribution in [3.05, 3.63) is 96.1 Å². The minimum absolute atomic E-state index is 0.0746. The van der Waals surface area contributed by atoms with Crippen molar-refractivity contribution in [1.82, 2.24) is 10.6 Å². The van der Waals surface area contributed by atoms with Gasteiger partial charge in [-0.05, 0) is 54.1 Å². The Kier molecular flexibility index (Phi) is 7.70. The van der Waals surface area contributed by atoms with Crippen LogP contribution in [-0.4, -0.2) is 24.5 Å². The number of hydrogen-bond donors (Lipinski definition) is 3. The molecule has 4 heteroatoms. The summed E-state index contributed by atoms with van der Waals surface area (Å²) in [6.07, 6.45) is 3.92. The molecule has 166 valence electrons. The predicted molar refractivity (Wildman–Crippen MR) is 131 cm³/mol. The molecule has 0 radical (unpaired) electrons. The number of carbonyl (C=O) groups excluding carboxylic acids is 1. The molecule has 0 heterocycles. The maximum absolute atomic E-state index is 12.4. The summed E-state index contributed by atoms with van der Waals surface area (Å²) in [7, 11) is 0. The van der Waals surface area contributed by atoms with Gasteiger partial charge in [0.1, 0.15) is 0 Å². The lowest BCUT2D eigenvalue weighted by Crippen LogP contribution is -2.40. The van der Waals surface area contributed by atoms with Crippen molar-refractivity contribution in [2.75, 3.05) is 6.54 Å². The third kappa shape index (κ3) is 6.28. The van der Waals surface area contributed by atoms with Crippen LogP contribution in [-0.2, 0) is 11.3 Å². The van der Waals surface area contributed by atoms with Gasteiger partial charge < -0.3 is 16.4 Å². The smallest absolute Gasteiger partial charge is 0.237 e. The molecule has 1 fully saturated rings. The van der Waals surface area contributed by atoms with Gasteiger partial charge in [0.05, 0.1) is 6.04 Å². The Hall–Kier alpha value is -2.95. The fraction of sp³-hybridized carbons (Fsp3) is 0.321. The van der Waals surface area contributed by atoms with E-state index in [2.05, 4.69) is 65.2 Å². The molecule has 4 N–H and O–H groups in total. The average molecular weight is 428 g/mol. The zero-order valence-electron chi connectivity index (χ0n) is 18.5. The van der Waals surface area contributed by atoms with E-state index in [0.717, 1.165) is 30.5 Å². The van der Waals surface area contributed by atoms with Gasteiger partial charge in [-0.25, -0.2) is 0 Å². The zero-order chi connectivity index (χ0) is 22.2. The second kappa shape index (κ2) is 11.1. The molecule has 3 unspecified atom stereocenters. The van der Waals surface area contributed by atoms with Crippen molar-refractivity contribution in [2.24, 2.45) is 5.73 Å². The Labute approximate surface area is 191 Å². The second-order valence-corrected chi connectivity index (χ2v) is 8.70. The van der Waals surface area contributed by atoms with Crippen LogP contribution in [0.15, 0.2) is 84.9 Å². The molecule has 0 spiro atoms. The SMILES string of the molecule is NC(CCCCNC1CC1c1ccccc1)C(=O)NCc1cccc(-c2ccccc2)c1. The predicted octanol–water partition coefficient (Wildman–Crippen LogP) is 4.61. The summed E-state index contributed by atoms with van der Waals surface area (Å²) in [5.74, 6) is 0.582. The third-order valence-corrected chi connectivity index (χ3v) is 6.20. The summed E-state index contributed by atoms with van der Waals surface area (Å²) in [6.45, 7) is 1.48. The molecule has 3 aromatic rings. The number of benzene rings is 3. The van der Waals surface area contributed by atoms with E-state index in [9.17, 15) is 4.79 Å². The number of hydrogen-bond acceptors (Lipinski definition) is 3. The van der Waals surface area contributed by atoms with Crippen LogP contribution in [0.4, 0.5) is 0 Å². The molecular weight excluding hydrogens is 394 g/mol. The summed E-state index contributed by atoms with van der Waals surface area (Å²) in [6, 6.07) is 29.4. The van der Waals surface area contributed by atoms with Gasteiger partial charge in [0.25, 0.3) is 0 Å². The number of carbonyl (C=O) groups is 1. The molecule has 0 saturated heterocycles. The Bertz CT molecular complexity index is 990. The van der Waals surface area contributed by atoms with Crippen LogP contribution >= 0.6 is 0 Å². The van der Waals surface area contributed by atoms with Crippen molar-refractivity contribution in [3.8, 4) is 11.1 Å². The van der Waals surface area contributed by atoms with Gasteiger partial charge in [-0.1, -0.05) is 85.3 Å². The lowest BCUT2D eigenvalue weighted by Gasteiger charge is -2.13. The second-order valence-electron chi connectivity index (χ2n) is 8.70. The van der Waals surface area contributed by atoms with E-state index in [1.807, 2.05) is 30.3 Å². The summed E-state index contributed by atoms with van der Waals surface area (Å²) in [5.41, 5.74) is 11.0. The number of unbranched alkanes of at least 4 members (excludes halogenated alkanes) is 1. The minimum Gasteiger partial charge on any atom is -0.351 e. The Morgan fingerprint density at radius 1 is 0.906 bits per heavy atom. The molecule has 3 aromatic carbocycles. The molecule has 0 aromatic heterocycles. The molecule has 1 aliphatic rings. The van der Waals surface area contributed by atoms with Crippen molar-refractivity contribution in [1.29, 1.82) is 0 Å². The van der Waals surface area contributed by atoms with Crippen LogP contribution in [0, 0.1) is 0 Å². The highest BCUT2D eigenvalue weighted by atomic mass is 16.2. The van der Waals surface area contributed by atoms with Crippen LogP contribution < -0.4 is 16.4 Å². The summed E-state index contributed by atoms with van der Waals surface area (Å²) >= 11 is 0. The number of amides is 1. The number of nitrogens with two attached hydrogens (primary N) is 1. The van der Waals surface area contributed by atoms with Gasteiger partial charge in [-0.3, -0.25) is 4.79 Å². The van der Waals surface area contributed by atoms with Gasteiger partial charge in [0.2, 0.25) is 5.91 Å². The lowest BCUT2D eigenvalue weighted by molar-refractivity contribution is -0.122. The summed E-state index contributed by atoms with van der Waals surface area (Å²) < 4.78 is 0. The van der Waals surface area contributed by atoms with Crippen LogP contribution in [0.2, 0.25) is 0 Å². The standard InChI is InChI=1S/C28H33N3O/c29-26(16-7-8-17-30-27-19-25(27)23-13-5-2-6-14-23)28(32)31-20-21-10-9-15-24(18-21)22-11-3-1-4-12-22/h1-6,9-15,18,25-27,30H,7-8,16-17,19-20,29H2,(H,31,32). The lowest BCUT2D eigenvalue weighted by atomic mass is 10.0. The van der Waals surface area contributed by atoms with E-state index >= 15 is 0 Å². The van der Waals surface area contributed by atoms with Crippen molar-refractivity contribution in [3.63, 3.8) is 0 Å². The highest BCUT2D eigenvalue weighted by Gasteiger charge is 2.37. The first-order valence-electron chi connectivity index (χ1n) is 11.7. The molecular formula is C28H33N3O. The Balaban J connectivity index is 1.12. The minimum atomic E-state index is -0.453. The first-order chi connectivity index (χ1) is 15.7. The monoisotopic (exact) mass is 427 g/mol. The molecule has 4 rings (SSSR count). The largest absolute Gasteiger partial charge is 0.351 e. The van der Waals surface area contributed by atoms with E-state index < -0.39 is 6.04 Å². The van der Waals surface area contributed by atoms with Crippen LogP contribution in [0.1, 0.15) is 42.7 Å². The molecule has 3 atom stereocenters. The van der Waals surface area contributed by atoms with Crippen LogP contribution in [0.25, 0.3) is 11.1 Å². The number of nitrogens with one attached hydrogen (secondary N) is 2. The maximum Gasteiger partial charge on any atom is 0.237 e. The molecule has 4 nitrogen and oxygen atoms in total. The maximum atomic E-state index is 12.4. The highest BCUT2D eigenvalue weighted by molar-refractivity contribution is 5.81. The fourth-order valence-corrected chi connectivity index (χ4v) is 4.21. The van der Waals surface area contributed by atoms with E-state index in [1.165, 1.54) is 17.5 Å². The normalized spacial score (nSPS) is 18.2. The molecule has 1 aliphatic carbocycles. The van der Waals surface area contributed by atoms with E-state index in [1.54, 1.807) is 0 Å². The Morgan fingerprint density at radius 3 is 2.41 bits per heavy atom. The van der Waals surface area contributed by atoms with E-state index in [4.69, 9.17) is 5.73 Å². The molecule has 0 aliphatic heterocycles. The van der Waals surface area contributed by atoms with Crippen LogP contribution in [0.5, 0.6) is 0 Å². The molecule has 1 saturated carbocycles. The van der Waals surface area contributed by atoms with Crippen LogP contribution in [0.3, 0.4) is 0 Å². The summed E-state index contributed by atoms with van der Waals surface area (Å²) in [5, 5.41) is 6.62. The van der Waals surface area contributed by atoms with Gasteiger partial charge in [0, 0.05) is 18.5 Å². The van der Waals surface area contributed by atoms with E-state index in [0.29, 0.717) is 24.9 Å². The third-order valence-electron chi connectivity index (χ3n) is 6.20. The fourth-order valence-electron chi connectivity index (χ4n) is 4.21. The molecule has 32 heavy (non-hydrogen) atoms. The Morgan fingerprint density at radius 2 is 1.62 bits per heavy atom. The number of rotatable bonds is 11. The first kappa shape index (κ1) is 22.3. The average Bonchev–Trinajstić information content (AvgIpc) is 3.63. The van der Waals surface area contributed by atoms with Gasteiger partial charge >= 0.3 is 0 Å². The summed E-state index contributed by atoms with van der Waals surface area (Å²) in [4.78, 5) is 12.4. The molecule has 1 amide bonds. The van der Waals surface area contributed by atoms with E-state index in [-0.39, 0.29) is 5.91 Å². The highest BCUT2D eigenvalue weighted by Crippen LogP contribution is 2.40.